The zero-order valence-corrected chi connectivity index (χ0v) is 20.5. The average Bonchev–Trinajstić information content (AvgIpc) is 3.58. The number of hydrogen-bond acceptors (Lipinski definition) is 3. The summed E-state index contributed by atoms with van der Waals surface area (Å²) in [6.07, 6.45) is 10.5. The van der Waals surface area contributed by atoms with Crippen LogP contribution in [0.1, 0.15) is 61.6 Å². The summed E-state index contributed by atoms with van der Waals surface area (Å²) in [4.78, 5) is 0. The van der Waals surface area contributed by atoms with Gasteiger partial charge in [-0.05, 0) is 62.1 Å². The van der Waals surface area contributed by atoms with Gasteiger partial charge in [0.2, 0.25) is 0 Å². The van der Waals surface area contributed by atoms with E-state index in [1.54, 1.807) is 0 Å². The van der Waals surface area contributed by atoms with E-state index < -0.39 is 0 Å². The highest BCUT2D eigenvalue weighted by atomic mass is 16.5. The molecular formula is C30H38NO3+. The van der Waals surface area contributed by atoms with Gasteiger partial charge in [-0.15, -0.1) is 0 Å². The summed E-state index contributed by atoms with van der Waals surface area (Å²) in [5.41, 5.74) is 3.81. The van der Waals surface area contributed by atoms with Crippen molar-refractivity contribution in [1.82, 2.24) is 0 Å². The van der Waals surface area contributed by atoms with E-state index in [2.05, 4.69) is 43.4 Å². The van der Waals surface area contributed by atoms with Crippen LogP contribution in [0.15, 0.2) is 42.5 Å². The lowest BCUT2D eigenvalue weighted by molar-refractivity contribution is -0.951. The molecule has 4 nitrogen and oxygen atoms in total. The largest absolute Gasteiger partial charge is 0.504 e. The summed E-state index contributed by atoms with van der Waals surface area (Å²) in [5.74, 6) is 1.99. The van der Waals surface area contributed by atoms with Crippen molar-refractivity contribution in [2.45, 2.75) is 80.9 Å². The number of benzene rings is 2. The Balaban J connectivity index is 1.29. The molecule has 1 spiro atoms. The monoisotopic (exact) mass is 460 g/mol. The highest BCUT2D eigenvalue weighted by Crippen LogP contribution is 2.67. The Morgan fingerprint density at radius 3 is 2.76 bits per heavy atom. The predicted molar refractivity (Wildman–Crippen MR) is 132 cm³/mol. The van der Waals surface area contributed by atoms with Crippen molar-refractivity contribution in [3.8, 4) is 11.5 Å². The maximum atomic E-state index is 10.8. The van der Waals surface area contributed by atoms with E-state index in [1.165, 1.54) is 42.6 Å². The number of aryl methyl sites for hydroxylation is 1. The minimum Gasteiger partial charge on any atom is -0.504 e. The van der Waals surface area contributed by atoms with Gasteiger partial charge >= 0.3 is 0 Å². The normalized spacial score (nSPS) is 37.2. The number of likely N-dealkylation sites (tertiary alicyclic amines) is 1. The molecule has 1 saturated heterocycles. The SMILES string of the molecule is C[N@+]1(CC2CC2)CC[C@]23c4c5ccc(O)c4O[C@H]2CCC[C@@]3(OCCCc2ccccc2)[C@H]1C5. The zero-order valence-electron chi connectivity index (χ0n) is 20.5. The van der Waals surface area contributed by atoms with E-state index in [-0.39, 0.29) is 17.1 Å². The van der Waals surface area contributed by atoms with Gasteiger partial charge in [-0.2, -0.15) is 0 Å². The van der Waals surface area contributed by atoms with Gasteiger partial charge in [-0.3, -0.25) is 0 Å². The van der Waals surface area contributed by atoms with Crippen LogP contribution in [0.3, 0.4) is 0 Å². The number of quaternary nitrogens is 1. The molecule has 2 aliphatic heterocycles. The Labute approximate surface area is 203 Å². The number of likely N-dealkylation sites (N-methyl/N-ethyl adjacent to an activating group) is 1. The third-order valence-electron chi connectivity index (χ3n) is 10.2. The first-order valence-corrected chi connectivity index (χ1v) is 13.6. The third-order valence-corrected chi connectivity index (χ3v) is 10.2. The van der Waals surface area contributed by atoms with Crippen LogP contribution in [0, 0.1) is 5.92 Å². The first-order valence-electron chi connectivity index (χ1n) is 13.6. The Morgan fingerprint density at radius 1 is 1.09 bits per heavy atom. The van der Waals surface area contributed by atoms with Gasteiger partial charge in [0.25, 0.3) is 0 Å². The Morgan fingerprint density at radius 2 is 1.94 bits per heavy atom. The maximum Gasteiger partial charge on any atom is 0.165 e. The Hall–Kier alpha value is -2.04. The Bertz CT molecular complexity index is 1100. The third kappa shape index (κ3) is 2.85. The van der Waals surface area contributed by atoms with Gasteiger partial charge in [0, 0.05) is 30.9 Å². The van der Waals surface area contributed by atoms with Gasteiger partial charge in [-0.1, -0.05) is 36.4 Å². The van der Waals surface area contributed by atoms with Crippen molar-refractivity contribution in [3.05, 3.63) is 59.2 Å². The summed E-state index contributed by atoms with van der Waals surface area (Å²) in [5, 5.41) is 10.8. The standard InChI is InChI=1S/C30H37NO3/c1-31(20-22-11-12-22)17-16-29-26-10-5-15-30(29,33-18-6-9-21-7-3-2-4-8-21)25(31)19-23-13-14-24(32)28(34-26)27(23)29/h2-4,7-8,13-14,22,25-26H,5-6,9-12,15-20H2,1H3/p+1/t25-,26+,29-,30-,31-/m1/s1. The Kier molecular flexibility index (Phi) is 4.68. The van der Waals surface area contributed by atoms with Crippen LogP contribution in [-0.2, 0) is 23.0 Å². The first kappa shape index (κ1) is 21.3. The summed E-state index contributed by atoms with van der Waals surface area (Å²) in [6.45, 7) is 3.29. The second kappa shape index (κ2) is 7.48. The molecule has 2 aromatic rings. The van der Waals surface area contributed by atoms with Gasteiger partial charge in [0.15, 0.2) is 11.5 Å². The first-order chi connectivity index (χ1) is 16.6. The van der Waals surface area contributed by atoms with E-state index in [1.807, 2.05) is 6.07 Å². The molecule has 0 radical (unpaired) electrons. The van der Waals surface area contributed by atoms with Crippen molar-refractivity contribution in [2.75, 3.05) is 26.7 Å². The molecule has 34 heavy (non-hydrogen) atoms. The summed E-state index contributed by atoms with van der Waals surface area (Å²) in [7, 11) is 2.52. The number of phenols is 1. The summed E-state index contributed by atoms with van der Waals surface area (Å²) >= 11 is 0. The van der Waals surface area contributed by atoms with E-state index >= 15 is 0 Å². The zero-order chi connectivity index (χ0) is 23.0. The second-order valence-corrected chi connectivity index (χ2v) is 12.0. The van der Waals surface area contributed by atoms with Crippen LogP contribution < -0.4 is 4.74 Å². The van der Waals surface area contributed by atoms with Crippen molar-refractivity contribution in [1.29, 1.82) is 0 Å². The fourth-order valence-corrected chi connectivity index (χ4v) is 8.58. The molecule has 0 amide bonds. The molecule has 7 rings (SSSR count). The number of phenolic OH excluding ortho intramolecular Hbond substituents is 1. The number of hydrogen-bond donors (Lipinski definition) is 1. The van der Waals surface area contributed by atoms with Crippen LogP contribution in [-0.4, -0.2) is 54.1 Å². The molecule has 5 aliphatic rings. The van der Waals surface area contributed by atoms with Crippen molar-refractivity contribution in [3.63, 3.8) is 0 Å². The molecule has 5 atom stereocenters. The predicted octanol–water partition coefficient (Wildman–Crippen LogP) is 5.15. The minimum atomic E-state index is -0.194. The maximum absolute atomic E-state index is 10.8. The number of rotatable bonds is 7. The van der Waals surface area contributed by atoms with Crippen LogP contribution >= 0.6 is 0 Å². The lowest BCUT2D eigenvalue weighted by Crippen LogP contribution is -2.80. The van der Waals surface area contributed by atoms with Gasteiger partial charge < -0.3 is 19.1 Å². The van der Waals surface area contributed by atoms with E-state index in [4.69, 9.17) is 9.47 Å². The highest BCUT2D eigenvalue weighted by molar-refractivity contribution is 5.62. The van der Waals surface area contributed by atoms with Gasteiger partial charge in [0.05, 0.1) is 25.6 Å². The quantitative estimate of drug-likeness (QED) is 0.459. The molecule has 3 aliphatic carbocycles. The number of ether oxygens (including phenoxy) is 2. The molecule has 0 unspecified atom stereocenters. The molecule has 2 saturated carbocycles. The van der Waals surface area contributed by atoms with Crippen molar-refractivity contribution >= 4 is 0 Å². The number of aromatic hydroxyl groups is 1. The molecule has 3 fully saturated rings. The summed E-state index contributed by atoms with van der Waals surface area (Å²) in [6, 6.07) is 15.3. The van der Waals surface area contributed by atoms with Crippen molar-refractivity contribution in [2.24, 2.45) is 5.92 Å². The molecular weight excluding hydrogens is 422 g/mol. The molecule has 0 aromatic heterocycles. The molecule has 1 N–H and O–H groups in total. The van der Waals surface area contributed by atoms with Crippen LogP contribution in [0.25, 0.3) is 0 Å². The number of piperidine rings is 1. The fourth-order valence-electron chi connectivity index (χ4n) is 8.58. The van der Waals surface area contributed by atoms with Crippen molar-refractivity contribution < 1.29 is 19.1 Å². The minimum absolute atomic E-state index is 0.106. The topological polar surface area (TPSA) is 38.7 Å². The van der Waals surface area contributed by atoms with Gasteiger partial charge in [-0.25, -0.2) is 0 Å². The summed E-state index contributed by atoms with van der Waals surface area (Å²) < 4.78 is 15.1. The van der Waals surface area contributed by atoms with Crippen LogP contribution in [0.2, 0.25) is 0 Å². The molecule has 4 heteroatoms. The lowest BCUT2D eigenvalue weighted by Gasteiger charge is -2.66. The van der Waals surface area contributed by atoms with Gasteiger partial charge in [0.1, 0.15) is 17.7 Å². The van der Waals surface area contributed by atoms with Crippen LogP contribution in [0.4, 0.5) is 0 Å². The lowest BCUT2D eigenvalue weighted by atomic mass is 9.48. The van der Waals surface area contributed by atoms with E-state index in [0.717, 1.165) is 67.7 Å². The molecule has 2 aromatic carbocycles. The molecule has 2 heterocycles. The van der Waals surface area contributed by atoms with E-state index in [0.29, 0.717) is 11.8 Å². The smallest absolute Gasteiger partial charge is 0.165 e. The highest BCUT2D eigenvalue weighted by Gasteiger charge is 2.75. The molecule has 180 valence electrons. The van der Waals surface area contributed by atoms with E-state index in [9.17, 15) is 5.11 Å². The molecule has 2 bridgehead atoms. The number of nitrogens with zero attached hydrogens (tertiary/aromatic N) is 1. The second-order valence-electron chi connectivity index (χ2n) is 12.0. The van der Waals surface area contributed by atoms with Crippen LogP contribution in [0.5, 0.6) is 11.5 Å². The fraction of sp³-hybridized carbons (Fsp3) is 0.600. The average molecular weight is 461 g/mol.